The molecule has 3 aromatic carbocycles. The Hall–Kier alpha value is -3.20. The van der Waals surface area contributed by atoms with E-state index in [1.165, 1.54) is 5.56 Å². The molecule has 3 nitrogen and oxygen atoms in total. The SMILES string of the molecule is Cc1ccccc1C(=O)Nc1ccccc1C(=O)Cc1cccc(C(C)(C)C)c1. The van der Waals surface area contributed by atoms with Gasteiger partial charge in [0.05, 0.1) is 5.69 Å². The number of benzene rings is 3. The predicted octanol–water partition coefficient (Wildman–Crippen LogP) is 5.97. The van der Waals surface area contributed by atoms with Crippen LogP contribution in [0.3, 0.4) is 0 Å². The number of hydrogen-bond acceptors (Lipinski definition) is 2. The zero-order valence-electron chi connectivity index (χ0n) is 17.5. The van der Waals surface area contributed by atoms with E-state index in [1.807, 2.05) is 49.4 Å². The highest BCUT2D eigenvalue weighted by Crippen LogP contribution is 2.24. The molecule has 0 radical (unpaired) electrons. The van der Waals surface area contributed by atoms with Crippen molar-refractivity contribution in [1.29, 1.82) is 0 Å². The van der Waals surface area contributed by atoms with E-state index in [9.17, 15) is 9.59 Å². The number of carbonyl (C=O) groups excluding carboxylic acids is 2. The number of ketones is 1. The Morgan fingerprint density at radius 3 is 2.17 bits per heavy atom. The topological polar surface area (TPSA) is 46.2 Å². The summed E-state index contributed by atoms with van der Waals surface area (Å²) >= 11 is 0. The first-order valence-corrected chi connectivity index (χ1v) is 9.84. The summed E-state index contributed by atoms with van der Waals surface area (Å²) in [6, 6.07) is 22.7. The van der Waals surface area contributed by atoms with Crippen LogP contribution in [0.1, 0.15) is 58.2 Å². The summed E-state index contributed by atoms with van der Waals surface area (Å²) in [6.45, 7) is 8.37. The normalized spacial score (nSPS) is 11.2. The van der Waals surface area contributed by atoms with Crippen LogP contribution in [0.15, 0.2) is 72.8 Å². The van der Waals surface area contributed by atoms with Gasteiger partial charge < -0.3 is 5.32 Å². The Morgan fingerprint density at radius 1 is 0.828 bits per heavy atom. The molecule has 0 saturated carbocycles. The zero-order valence-corrected chi connectivity index (χ0v) is 17.5. The van der Waals surface area contributed by atoms with Crippen molar-refractivity contribution in [2.75, 3.05) is 5.32 Å². The van der Waals surface area contributed by atoms with E-state index in [1.54, 1.807) is 18.2 Å². The molecule has 0 spiro atoms. The van der Waals surface area contributed by atoms with Crippen molar-refractivity contribution in [1.82, 2.24) is 0 Å². The third-order valence-corrected chi connectivity index (χ3v) is 5.02. The maximum Gasteiger partial charge on any atom is 0.255 e. The average molecular weight is 386 g/mol. The standard InChI is InChI=1S/C26H27NO2/c1-18-10-5-6-13-21(18)25(29)27-23-15-8-7-14-22(23)24(28)17-19-11-9-12-20(16-19)26(2,3)4/h5-16H,17H2,1-4H3,(H,27,29). The highest BCUT2D eigenvalue weighted by Gasteiger charge is 2.17. The number of hydrogen-bond donors (Lipinski definition) is 1. The molecule has 0 heterocycles. The van der Waals surface area contributed by atoms with Gasteiger partial charge in [-0.2, -0.15) is 0 Å². The van der Waals surface area contributed by atoms with E-state index in [-0.39, 0.29) is 17.1 Å². The molecule has 3 aromatic rings. The molecule has 1 amide bonds. The van der Waals surface area contributed by atoms with Crippen LogP contribution < -0.4 is 5.32 Å². The second-order valence-corrected chi connectivity index (χ2v) is 8.36. The summed E-state index contributed by atoms with van der Waals surface area (Å²) in [4.78, 5) is 25.7. The maximum absolute atomic E-state index is 13.0. The molecule has 0 unspecified atom stereocenters. The van der Waals surface area contributed by atoms with E-state index < -0.39 is 0 Å². The summed E-state index contributed by atoms with van der Waals surface area (Å²) in [5, 5.41) is 2.91. The van der Waals surface area contributed by atoms with Gasteiger partial charge in [0, 0.05) is 17.5 Å². The third kappa shape index (κ3) is 5.00. The van der Waals surface area contributed by atoms with E-state index >= 15 is 0 Å². The molecule has 0 aliphatic rings. The van der Waals surface area contributed by atoms with E-state index in [2.05, 4.69) is 38.2 Å². The van der Waals surface area contributed by atoms with E-state index in [0.717, 1.165) is 11.1 Å². The van der Waals surface area contributed by atoms with Crippen molar-refractivity contribution in [2.24, 2.45) is 0 Å². The van der Waals surface area contributed by atoms with Crippen LogP contribution in [0, 0.1) is 6.92 Å². The molecular weight excluding hydrogens is 358 g/mol. The number of rotatable bonds is 5. The number of Topliss-reactive ketones (excluding diaryl/α,β-unsaturated/α-hetero) is 1. The molecule has 3 heteroatoms. The first-order valence-electron chi connectivity index (χ1n) is 9.84. The van der Waals surface area contributed by atoms with Crippen molar-refractivity contribution in [3.63, 3.8) is 0 Å². The lowest BCUT2D eigenvalue weighted by Gasteiger charge is -2.19. The minimum absolute atomic E-state index is 0.0169. The molecule has 0 bridgehead atoms. The van der Waals surface area contributed by atoms with Gasteiger partial charge in [-0.1, -0.05) is 75.4 Å². The average Bonchev–Trinajstić information content (AvgIpc) is 2.68. The Balaban J connectivity index is 1.83. The summed E-state index contributed by atoms with van der Waals surface area (Å²) in [6.07, 6.45) is 0.293. The second-order valence-electron chi connectivity index (χ2n) is 8.36. The predicted molar refractivity (Wildman–Crippen MR) is 119 cm³/mol. The molecule has 148 valence electrons. The molecule has 0 atom stereocenters. The highest BCUT2D eigenvalue weighted by molar-refractivity contribution is 6.10. The fourth-order valence-electron chi connectivity index (χ4n) is 3.28. The Kier molecular flexibility index (Phi) is 5.97. The zero-order chi connectivity index (χ0) is 21.0. The molecule has 29 heavy (non-hydrogen) atoms. The van der Waals surface area contributed by atoms with Gasteiger partial charge in [0.2, 0.25) is 0 Å². The minimum atomic E-state index is -0.210. The molecule has 3 rings (SSSR count). The van der Waals surface area contributed by atoms with Crippen LogP contribution in [0.4, 0.5) is 5.69 Å². The van der Waals surface area contributed by atoms with Gasteiger partial charge in [-0.3, -0.25) is 9.59 Å². The number of carbonyl (C=O) groups is 2. The number of anilines is 1. The summed E-state index contributed by atoms with van der Waals surface area (Å²) in [7, 11) is 0. The van der Waals surface area contributed by atoms with E-state index in [4.69, 9.17) is 0 Å². The second kappa shape index (κ2) is 8.44. The Labute approximate surface area is 172 Å². The first-order chi connectivity index (χ1) is 13.8. The van der Waals surface area contributed by atoms with Crippen molar-refractivity contribution in [2.45, 2.75) is 39.5 Å². The highest BCUT2D eigenvalue weighted by atomic mass is 16.1. The van der Waals surface area contributed by atoms with Gasteiger partial charge in [-0.25, -0.2) is 0 Å². The van der Waals surface area contributed by atoms with Crippen molar-refractivity contribution >= 4 is 17.4 Å². The van der Waals surface area contributed by atoms with Crippen LogP contribution in [0.5, 0.6) is 0 Å². The van der Waals surface area contributed by atoms with Crippen LogP contribution in [-0.4, -0.2) is 11.7 Å². The Morgan fingerprint density at radius 2 is 1.48 bits per heavy atom. The number of para-hydroxylation sites is 1. The fourth-order valence-corrected chi connectivity index (χ4v) is 3.28. The van der Waals surface area contributed by atoms with Crippen LogP contribution in [0.25, 0.3) is 0 Å². The minimum Gasteiger partial charge on any atom is -0.321 e. The molecule has 0 aliphatic carbocycles. The van der Waals surface area contributed by atoms with Crippen LogP contribution in [0.2, 0.25) is 0 Å². The number of aryl methyl sites for hydroxylation is 1. The van der Waals surface area contributed by atoms with Crippen molar-refractivity contribution < 1.29 is 9.59 Å². The van der Waals surface area contributed by atoms with Gasteiger partial charge in [-0.05, 0) is 47.2 Å². The Bertz CT molecular complexity index is 1040. The molecule has 0 aromatic heterocycles. The summed E-state index contributed by atoms with van der Waals surface area (Å²) in [5.41, 5.74) is 4.76. The monoisotopic (exact) mass is 385 g/mol. The van der Waals surface area contributed by atoms with Crippen molar-refractivity contribution in [3.8, 4) is 0 Å². The molecule has 0 saturated heterocycles. The number of nitrogens with one attached hydrogen (secondary N) is 1. The van der Waals surface area contributed by atoms with Gasteiger partial charge >= 0.3 is 0 Å². The van der Waals surface area contributed by atoms with Gasteiger partial charge in [0.1, 0.15) is 0 Å². The first kappa shape index (κ1) is 20.5. The van der Waals surface area contributed by atoms with Gasteiger partial charge in [0.15, 0.2) is 5.78 Å². The van der Waals surface area contributed by atoms with Crippen LogP contribution in [-0.2, 0) is 11.8 Å². The summed E-state index contributed by atoms with van der Waals surface area (Å²) < 4.78 is 0. The smallest absolute Gasteiger partial charge is 0.255 e. The summed E-state index contributed by atoms with van der Waals surface area (Å²) in [5.74, 6) is -0.227. The lowest BCUT2D eigenvalue weighted by Crippen LogP contribution is -2.16. The molecule has 0 fully saturated rings. The quantitative estimate of drug-likeness (QED) is 0.550. The fraction of sp³-hybridized carbons (Fsp3) is 0.231. The lowest BCUT2D eigenvalue weighted by atomic mass is 9.85. The van der Waals surface area contributed by atoms with E-state index in [0.29, 0.717) is 23.2 Å². The van der Waals surface area contributed by atoms with Gasteiger partial charge in [-0.15, -0.1) is 0 Å². The molecule has 0 aliphatic heterocycles. The number of amides is 1. The lowest BCUT2D eigenvalue weighted by molar-refractivity contribution is 0.0993. The van der Waals surface area contributed by atoms with Gasteiger partial charge in [0.25, 0.3) is 5.91 Å². The largest absolute Gasteiger partial charge is 0.321 e. The van der Waals surface area contributed by atoms with Crippen molar-refractivity contribution in [3.05, 3.63) is 101 Å². The maximum atomic E-state index is 13.0. The molecule has 1 N–H and O–H groups in total. The third-order valence-electron chi connectivity index (χ3n) is 5.02. The van der Waals surface area contributed by atoms with Crippen LogP contribution >= 0.6 is 0 Å². The molecular formula is C26H27NO2.